The first-order valence-electron chi connectivity index (χ1n) is 5.15. The average molecular weight is 203 g/mol. The monoisotopic (exact) mass is 203 g/mol. The van der Waals surface area contributed by atoms with Crippen LogP contribution in [0.3, 0.4) is 0 Å². The maximum absolute atomic E-state index is 10.9. The second-order valence-electron chi connectivity index (χ2n) is 3.47. The Hall–Kier alpha value is -0.610. The molecule has 4 heteroatoms. The average Bonchev–Trinajstić information content (AvgIpc) is 2.21. The summed E-state index contributed by atoms with van der Waals surface area (Å²) in [5, 5.41) is 9.49. The van der Waals surface area contributed by atoms with Gasteiger partial charge in [-0.2, -0.15) is 0 Å². The lowest BCUT2D eigenvalue weighted by atomic mass is 10.0. The minimum atomic E-state index is -0.901. The Morgan fingerprint density at radius 2 is 2.07 bits per heavy atom. The molecule has 3 N–H and O–H groups in total. The summed E-state index contributed by atoms with van der Waals surface area (Å²) >= 11 is 0. The maximum atomic E-state index is 10.9. The van der Waals surface area contributed by atoms with Crippen LogP contribution in [0, 0.1) is 0 Å². The van der Waals surface area contributed by atoms with Crippen LogP contribution in [0.2, 0.25) is 0 Å². The fraction of sp³-hybridized carbons (Fsp3) is 0.900. The molecular weight excluding hydrogens is 182 g/mol. The molecule has 4 nitrogen and oxygen atoms in total. The lowest BCUT2D eigenvalue weighted by molar-refractivity contribution is -0.145. The van der Waals surface area contributed by atoms with E-state index >= 15 is 0 Å². The van der Waals surface area contributed by atoms with Gasteiger partial charge in [0, 0.05) is 0 Å². The van der Waals surface area contributed by atoms with Crippen molar-refractivity contribution in [3.05, 3.63) is 0 Å². The first kappa shape index (κ1) is 13.4. The number of hydrogen-bond donors (Lipinski definition) is 2. The van der Waals surface area contributed by atoms with Crippen LogP contribution < -0.4 is 5.73 Å². The predicted octanol–water partition coefficient (Wildman–Crippen LogP) is 0.818. The highest BCUT2D eigenvalue weighted by molar-refractivity contribution is 5.75. The number of unbranched alkanes of at least 4 members (excludes halogenated alkanes) is 3. The van der Waals surface area contributed by atoms with Crippen molar-refractivity contribution < 1.29 is 14.6 Å². The molecule has 0 saturated carbocycles. The van der Waals surface area contributed by atoms with Crippen LogP contribution in [0.25, 0.3) is 0 Å². The van der Waals surface area contributed by atoms with Gasteiger partial charge in [0.25, 0.3) is 0 Å². The molecule has 2 atom stereocenters. The second-order valence-corrected chi connectivity index (χ2v) is 3.47. The van der Waals surface area contributed by atoms with Crippen LogP contribution in [0.4, 0.5) is 0 Å². The third-order valence-electron chi connectivity index (χ3n) is 2.24. The van der Waals surface area contributed by atoms with Crippen molar-refractivity contribution in [2.45, 2.75) is 51.2 Å². The van der Waals surface area contributed by atoms with E-state index in [2.05, 4.69) is 11.7 Å². The number of rotatable bonds is 7. The number of esters is 1. The molecule has 0 aliphatic rings. The molecule has 0 fully saturated rings. The third-order valence-corrected chi connectivity index (χ3v) is 2.24. The SMILES string of the molecule is CCCCCCC(O)C(N)C(=O)OC. The Balaban J connectivity index is 3.61. The summed E-state index contributed by atoms with van der Waals surface area (Å²) in [6.45, 7) is 2.12. The van der Waals surface area contributed by atoms with Crippen LogP contribution in [0.5, 0.6) is 0 Å². The van der Waals surface area contributed by atoms with Gasteiger partial charge in [-0.15, -0.1) is 0 Å². The standard InChI is InChI=1S/C10H21NO3/c1-3-4-5-6-7-8(12)9(11)10(13)14-2/h8-9,12H,3-7,11H2,1-2H3. The van der Waals surface area contributed by atoms with Crippen molar-refractivity contribution in [2.75, 3.05) is 7.11 Å². The van der Waals surface area contributed by atoms with E-state index in [-0.39, 0.29) is 0 Å². The summed E-state index contributed by atoms with van der Waals surface area (Å²) in [5.41, 5.74) is 5.46. The number of nitrogens with two attached hydrogens (primary N) is 1. The fourth-order valence-corrected chi connectivity index (χ4v) is 1.25. The van der Waals surface area contributed by atoms with E-state index in [1.165, 1.54) is 7.11 Å². The predicted molar refractivity (Wildman–Crippen MR) is 54.8 cm³/mol. The highest BCUT2D eigenvalue weighted by Crippen LogP contribution is 2.07. The van der Waals surface area contributed by atoms with E-state index in [9.17, 15) is 9.90 Å². The zero-order valence-corrected chi connectivity index (χ0v) is 9.03. The molecule has 0 aliphatic carbocycles. The minimum absolute atomic E-state index is 0.548. The first-order valence-corrected chi connectivity index (χ1v) is 5.15. The smallest absolute Gasteiger partial charge is 0.325 e. The van der Waals surface area contributed by atoms with Crippen LogP contribution >= 0.6 is 0 Å². The van der Waals surface area contributed by atoms with E-state index in [4.69, 9.17) is 5.73 Å². The molecule has 84 valence electrons. The zero-order chi connectivity index (χ0) is 11.0. The zero-order valence-electron chi connectivity index (χ0n) is 9.03. The van der Waals surface area contributed by atoms with Crippen LogP contribution in [-0.2, 0) is 9.53 Å². The molecular formula is C10H21NO3. The molecule has 2 unspecified atom stereocenters. The van der Waals surface area contributed by atoms with Gasteiger partial charge in [-0.05, 0) is 6.42 Å². The highest BCUT2D eigenvalue weighted by atomic mass is 16.5. The molecule has 0 aromatic carbocycles. The second kappa shape index (κ2) is 7.76. The number of aliphatic hydroxyl groups is 1. The van der Waals surface area contributed by atoms with Gasteiger partial charge >= 0.3 is 5.97 Å². The highest BCUT2D eigenvalue weighted by Gasteiger charge is 2.22. The molecule has 0 radical (unpaired) electrons. The van der Waals surface area contributed by atoms with Gasteiger partial charge in [0.15, 0.2) is 0 Å². The van der Waals surface area contributed by atoms with E-state index in [0.717, 1.165) is 25.7 Å². The molecule has 0 spiro atoms. The first-order chi connectivity index (χ1) is 6.63. The molecule has 0 saturated heterocycles. The summed E-state index contributed by atoms with van der Waals surface area (Å²) in [5.74, 6) is -0.548. The number of methoxy groups -OCH3 is 1. The number of carbonyl (C=O) groups is 1. The molecule has 0 rings (SSSR count). The van der Waals surface area contributed by atoms with Crippen molar-refractivity contribution in [3.8, 4) is 0 Å². The number of hydrogen-bond acceptors (Lipinski definition) is 4. The number of aliphatic hydroxyl groups excluding tert-OH is 1. The van der Waals surface area contributed by atoms with Crippen molar-refractivity contribution in [3.63, 3.8) is 0 Å². The van der Waals surface area contributed by atoms with E-state index in [1.807, 2.05) is 0 Å². The number of ether oxygens (including phenoxy) is 1. The van der Waals surface area contributed by atoms with Gasteiger partial charge in [0.1, 0.15) is 6.04 Å². The topological polar surface area (TPSA) is 72.5 Å². The van der Waals surface area contributed by atoms with E-state index < -0.39 is 18.1 Å². The van der Waals surface area contributed by atoms with Crippen molar-refractivity contribution in [1.29, 1.82) is 0 Å². The molecule has 0 heterocycles. The minimum Gasteiger partial charge on any atom is -0.468 e. The molecule has 0 aromatic heterocycles. The largest absolute Gasteiger partial charge is 0.468 e. The van der Waals surface area contributed by atoms with Gasteiger partial charge in [-0.1, -0.05) is 32.6 Å². The molecule has 14 heavy (non-hydrogen) atoms. The van der Waals surface area contributed by atoms with Gasteiger partial charge < -0.3 is 15.6 Å². The Kier molecular flexibility index (Phi) is 7.42. The van der Waals surface area contributed by atoms with Gasteiger partial charge in [-0.25, -0.2) is 0 Å². The van der Waals surface area contributed by atoms with Gasteiger partial charge in [-0.3, -0.25) is 4.79 Å². The Bertz CT molecular complexity index is 161. The van der Waals surface area contributed by atoms with Gasteiger partial charge in [0.2, 0.25) is 0 Å². The quantitative estimate of drug-likeness (QED) is 0.474. The van der Waals surface area contributed by atoms with Crippen molar-refractivity contribution >= 4 is 5.97 Å². The van der Waals surface area contributed by atoms with Crippen LogP contribution in [-0.4, -0.2) is 30.3 Å². The molecule has 0 bridgehead atoms. The van der Waals surface area contributed by atoms with Gasteiger partial charge in [0.05, 0.1) is 13.2 Å². The molecule has 0 aliphatic heterocycles. The normalized spacial score (nSPS) is 14.9. The third kappa shape index (κ3) is 5.19. The van der Waals surface area contributed by atoms with E-state index in [0.29, 0.717) is 6.42 Å². The van der Waals surface area contributed by atoms with Crippen molar-refractivity contribution in [1.82, 2.24) is 0 Å². The summed E-state index contributed by atoms with van der Waals surface area (Å²) in [4.78, 5) is 10.9. The maximum Gasteiger partial charge on any atom is 0.325 e. The van der Waals surface area contributed by atoms with Crippen LogP contribution in [0.1, 0.15) is 39.0 Å². The summed E-state index contributed by atoms with van der Waals surface area (Å²) < 4.78 is 4.44. The van der Waals surface area contributed by atoms with E-state index in [1.54, 1.807) is 0 Å². The van der Waals surface area contributed by atoms with Crippen LogP contribution in [0.15, 0.2) is 0 Å². The van der Waals surface area contributed by atoms with Crippen molar-refractivity contribution in [2.24, 2.45) is 5.73 Å². The fourth-order valence-electron chi connectivity index (χ4n) is 1.25. The Morgan fingerprint density at radius 1 is 1.43 bits per heavy atom. The Labute approximate surface area is 85.4 Å². The summed E-state index contributed by atoms with van der Waals surface area (Å²) in [7, 11) is 1.27. The Morgan fingerprint density at radius 3 is 2.57 bits per heavy atom. The lowest BCUT2D eigenvalue weighted by Crippen LogP contribution is -2.42. The molecule has 0 amide bonds. The summed E-state index contributed by atoms with van der Waals surface area (Å²) in [6.07, 6.45) is 4.07. The lowest BCUT2D eigenvalue weighted by Gasteiger charge is -2.16. The number of carbonyl (C=O) groups excluding carboxylic acids is 1. The molecule has 0 aromatic rings. The summed E-state index contributed by atoms with van der Waals surface area (Å²) in [6, 6.07) is -0.901.